The van der Waals surface area contributed by atoms with Crippen molar-refractivity contribution < 1.29 is 4.74 Å². The van der Waals surface area contributed by atoms with E-state index in [2.05, 4.69) is 4.98 Å². The molecule has 1 aromatic heterocycles. The maximum Gasteiger partial charge on any atom is 0.110 e. The van der Waals surface area contributed by atoms with Gasteiger partial charge in [0.15, 0.2) is 0 Å². The minimum Gasteiger partial charge on any atom is -0.379 e. The summed E-state index contributed by atoms with van der Waals surface area (Å²) in [5.41, 5.74) is 6.32. The topological polar surface area (TPSA) is 53.1 Å². The average Bonchev–Trinajstić information content (AvgIpc) is 2.62. The first kappa shape index (κ1) is 13.6. The Bertz CT molecular complexity index is 354. The summed E-state index contributed by atoms with van der Waals surface area (Å²) in [6.07, 6.45) is 12.0. The molecule has 102 valence electrons. The summed E-state index contributed by atoms with van der Waals surface area (Å²) in [6.45, 7) is 1.40. The lowest BCUT2D eigenvalue weighted by molar-refractivity contribution is 0.0789. The van der Waals surface area contributed by atoms with E-state index in [1.807, 2.05) is 24.0 Å². The first-order valence-electron chi connectivity index (χ1n) is 7.02. The molecule has 1 saturated carbocycles. The lowest BCUT2D eigenvalue weighted by atomic mass is 9.93. The molecule has 1 heterocycles. The van der Waals surface area contributed by atoms with Crippen LogP contribution >= 0.6 is 0 Å². The second-order valence-electron chi connectivity index (χ2n) is 5.53. The number of aryl methyl sites for hydroxylation is 1. The second kappa shape index (κ2) is 6.34. The number of nitrogens with zero attached hydrogens (tertiary/aromatic N) is 2. The van der Waals surface area contributed by atoms with Gasteiger partial charge in [0, 0.05) is 31.4 Å². The Balaban J connectivity index is 1.69. The molecule has 0 amide bonds. The van der Waals surface area contributed by atoms with E-state index in [9.17, 15) is 0 Å². The van der Waals surface area contributed by atoms with E-state index < -0.39 is 0 Å². The molecule has 1 aliphatic carbocycles. The smallest absolute Gasteiger partial charge is 0.110 e. The molecule has 4 nitrogen and oxygen atoms in total. The lowest BCUT2D eigenvalue weighted by Gasteiger charge is -2.27. The van der Waals surface area contributed by atoms with Crippen LogP contribution in [0.15, 0.2) is 12.4 Å². The molecule has 0 radical (unpaired) electrons. The van der Waals surface area contributed by atoms with Gasteiger partial charge >= 0.3 is 0 Å². The van der Waals surface area contributed by atoms with E-state index in [4.69, 9.17) is 10.5 Å². The van der Waals surface area contributed by atoms with Crippen molar-refractivity contribution in [3.05, 3.63) is 18.2 Å². The van der Waals surface area contributed by atoms with Gasteiger partial charge in [-0.05, 0) is 12.8 Å². The standard InChI is InChI=1S/C14H25N3O/c1-17-10-9-16-13(17)6-11-18-12-14(15)7-4-2-3-5-8-14/h9-10H,2-8,11-12,15H2,1H3. The molecule has 1 aliphatic rings. The Hall–Kier alpha value is -0.870. The van der Waals surface area contributed by atoms with Gasteiger partial charge in [0.2, 0.25) is 0 Å². The first-order chi connectivity index (χ1) is 8.70. The van der Waals surface area contributed by atoms with Crippen LogP contribution in [0, 0.1) is 0 Å². The fourth-order valence-corrected chi connectivity index (χ4v) is 2.65. The van der Waals surface area contributed by atoms with E-state index in [0.717, 1.165) is 25.1 Å². The highest BCUT2D eigenvalue weighted by molar-refractivity contribution is 4.91. The van der Waals surface area contributed by atoms with Crippen molar-refractivity contribution >= 4 is 0 Å². The molecule has 0 saturated heterocycles. The van der Waals surface area contributed by atoms with Crippen LogP contribution in [-0.2, 0) is 18.2 Å². The third-order valence-corrected chi connectivity index (χ3v) is 3.88. The minimum absolute atomic E-state index is 0.0852. The van der Waals surface area contributed by atoms with Gasteiger partial charge in [-0.15, -0.1) is 0 Å². The Morgan fingerprint density at radius 2 is 2.06 bits per heavy atom. The molecule has 0 unspecified atom stereocenters. The maximum atomic E-state index is 6.40. The van der Waals surface area contributed by atoms with Crippen molar-refractivity contribution in [2.24, 2.45) is 12.8 Å². The van der Waals surface area contributed by atoms with Gasteiger partial charge in [-0.1, -0.05) is 25.7 Å². The average molecular weight is 251 g/mol. The van der Waals surface area contributed by atoms with Crippen LogP contribution in [0.2, 0.25) is 0 Å². The van der Waals surface area contributed by atoms with Gasteiger partial charge in [-0.3, -0.25) is 0 Å². The van der Waals surface area contributed by atoms with Gasteiger partial charge in [0.1, 0.15) is 5.82 Å². The molecular formula is C14H25N3O. The molecule has 2 rings (SSSR count). The fourth-order valence-electron chi connectivity index (χ4n) is 2.65. The largest absolute Gasteiger partial charge is 0.379 e. The molecule has 2 N–H and O–H groups in total. The van der Waals surface area contributed by atoms with E-state index >= 15 is 0 Å². The lowest BCUT2D eigenvalue weighted by Crippen LogP contribution is -2.44. The molecule has 18 heavy (non-hydrogen) atoms. The van der Waals surface area contributed by atoms with E-state index in [1.165, 1.54) is 25.7 Å². The van der Waals surface area contributed by atoms with Crippen LogP contribution in [0.1, 0.15) is 44.3 Å². The minimum atomic E-state index is -0.0852. The zero-order chi connectivity index (χ0) is 12.8. The number of imidazole rings is 1. The molecule has 1 aromatic rings. The number of hydrogen-bond acceptors (Lipinski definition) is 3. The highest BCUT2D eigenvalue weighted by Crippen LogP contribution is 2.25. The third kappa shape index (κ3) is 3.82. The number of rotatable bonds is 5. The maximum absolute atomic E-state index is 6.40. The van der Waals surface area contributed by atoms with Gasteiger partial charge < -0.3 is 15.0 Å². The van der Waals surface area contributed by atoms with Crippen molar-refractivity contribution in [3.8, 4) is 0 Å². The van der Waals surface area contributed by atoms with Crippen LogP contribution in [0.3, 0.4) is 0 Å². The van der Waals surface area contributed by atoms with Gasteiger partial charge in [0.25, 0.3) is 0 Å². The van der Waals surface area contributed by atoms with Crippen molar-refractivity contribution in [1.82, 2.24) is 9.55 Å². The van der Waals surface area contributed by atoms with Crippen molar-refractivity contribution in [1.29, 1.82) is 0 Å². The van der Waals surface area contributed by atoms with Crippen molar-refractivity contribution in [3.63, 3.8) is 0 Å². The highest BCUT2D eigenvalue weighted by atomic mass is 16.5. The van der Waals surface area contributed by atoms with Crippen LogP contribution in [0.5, 0.6) is 0 Å². The Labute approximate surface area is 110 Å². The zero-order valence-corrected chi connectivity index (χ0v) is 11.4. The Morgan fingerprint density at radius 3 is 2.67 bits per heavy atom. The number of hydrogen-bond donors (Lipinski definition) is 1. The van der Waals surface area contributed by atoms with Gasteiger partial charge in [0.05, 0.1) is 13.2 Å². The van der Waals surface area contributed by atoms with Crippen LogP contribution in [0.25, 0.3) is 0 Å². The van der Waals surface area contributed by atoms with Crippen LogP contribution in [0.4, 0.5) is 0 Å². The normalized spacial score (nSPS) is 19.7. The molecule has 0 aromatic carbocycles. The fraction of sp³-hybridized carbons (Fsp3) is 0.786. The molecule has 1 fully saturated rings. The predicted molar refractivity (Wildman–Crippen MR) is 72.4 cm³/mol. The summed E-state index contributed by atoms with van der Waals surface area (Å²) in [5, 5.41) is 0. The molecule has 0 spiro atoms. The molecule has 4 heteroatoms. The molecule has 0 bridgehead atoms. The van der Waals surface area contributed by atoms with Gasteiger partial charge in [-0.25, -0.2) is 4.98 Å². The van der Waals surface area contributed by atoms with Crippen molar-refractivity contribution in [2.45, 2.75) is 50.5 Å². The summed E-state index contributed by atoms with van der Waals surface area (Å²) in [5.74, 6) is 1.07. The summed E-state index contributed by atoms with van der Waals surface area (Å²) in [7, 11) is 2.01. The number of ether oxygens (including phenoxy) is 1. The van der Waals surface area contributed by atoms with Gasteiger partial charge in [-0.2, -0.15) is 0 Å². The third-order valence-electron chi connectivity index (χ3n) is 3.88. The summed E-state index contributed by atoms with van der Waals surface area (Å²) in [4.78, 5) is 4.28. The number of nitrogens with two attached hydrogens (primary N) is 1. The summed E-state index contributed by atoms with van der Waals surface area (Å²) >= 11 is 0. The summed E-state index contributed by atoms with van der Waals surface area (Å²) in [6, 6.07) is 0. The van der Waals surface area contributed by atoms with E-state index in [1.54, 1.807) is 0 Å². The molecule has 0 aliphatic heterocycles. The van der Waals surface area contributed by atoms with Crippen LogP contribution in [-0.4, -0.2) is 28.3 Å². The second-order valence-corrected chi connectivity index (χ2v) is 5.53. The molecule has 0 atom stereocenters. The summed E-state index contributed by atoms with van der Waals surface area (Å²) < 4.78 is 7.82. The van der Waals surface area contributed by atoms with E-state index in [-0.39, 0.29) is 5.54 Å². The van der Waals surface area contributed by atoms with Crippen molar-refractivity contribution in [2.75, 3.05) is 13.2 Å². The highest BCUT2D eigenvalue weighted by Gasteiger charge is 2.26. The Kier molecular flexibility index (Phi) is 4.78. The SMILES string of the molecule is Cn1ccnc1CCOCC1(N)CCCCCC1. The van der Waals surface area contributed by atoms with E-state index in [0.29, 0.717) is 13.2 Å². The monoisotopic (exact) mass is 251 g/mol. The molecular weight excluding hydrogens is 226 g/mol. The first-order valence-corrected chi connectivity index (χ1v) is 7.02. The number of aromatic nitrogens is 2. The zero-order valence-electron chi connectivity index (χ0n) is 11.4. The quantitative estimate of drug-likeness (QED) is 0.643. The predicted octanol–water partition coefficient (Wildman–Crippen LogP) is 2.03. The van der Waals surface area contributed by atoms with Crippen LogP contribution < -0.4 is 5.73 Å². The Morgan fingerprint density at radius 1 is 1.33 bits per heavy atom.